The molecule has 2 heterocycles. The van der Waals surface area contributed by atoms with Crippen LogP contribution in [-0.2, 0) is 9.31 Å². The predicted octanol–water partition coefficient (Wildman–Crippen LogP) is 4.92. The fourth-order valence-electron chi connectivity index (χ4n) is 1.95. The highest BCUT2D eigenvalue weighted by Gasteiger charge is 2.52. The number of hydrogen-bond donors (Lipinski definition) is 2. The van der Waals surface area contributed by atoms with Gasteiger partial charge in [-0.25, -0.2) is 14.8 Å². The van der Waals surface area contributed by atoms with E-state index in [4.69, 9.17) is 37.6 Å². The molecule has 1 aromatic heterocycles. The molecule has 2 N–H and O–H groups in total. The van der Waals surface area contributed by atoms with Gasteiger partial charge >= 0.3 is 13.2 Å². The molecule has 1 aliphatic heterocycles. The maximum atomic E-state index is 10.6. The lowest BCUT2D eigenvalue weighted by atomic mass is 9.84. The Labute approximate surface area is 194 Å². The number of nitrogens with zero attached hydrogens (tertiary/aromatic N) is 3. The Bertz CT molecular complexity index is 813. The van der Waals surface area contributed by atoms with E-state index in [2.05, 4.69) is 26.9 Å². The summed E-state index contributed by atoms with van der Waals surface area (Å²) in [5, 5.41) is 11.3. The van der Waals surface area contributed by atoms with Gasteiger partial charge in [0, 0.05) is 7.05 Å². The minimum atomic E-state index is -1.15. The number of carbonyl (C=O) groups is 1. The highest BCUT2D eigenvalue weighted by atomic mass is 35.5. The second kappa shape index (κ2) is 12.8. The van der Waals surface area contributed by atoms with Crippen LogP contribution >= 0.6 is 23.2 Å². The van der Waals surface area contributed by atoms with E-state index in [1.54, 1.807) is 25.1 Å². The van der Waals surface area contributed by atoms with Gasteiger partial charge in [0.2, 0.25) is 5.29 Å². The number of carboxylic acid groups (broad SMARTS) is 1. The summed E-state index contributed by atoms with van der Waals surface area (Å²) in [6.07, 6.45) is -1.15. The van der Waals surface area contributed by atoms with Crippen LogP contribution in [-0.4, -0.2) is 52.0 Å². The molecule has 0 bridgehead atoms. The van der Waals surface area contributed by atoms with Crippen molar-refractivity contribution in [3.05, 3.63) is 30.4 Å². The number of amidine groups is 1. The lowest BCUT2D eigenvalue weighted by Crippen LogP contribution is -2.41. The molecule has 0 radical (unpaired) electrons. The molecule has 8 nitrogen and oxygen atoms in total. The summed E-state index contributed by atoms with van der Waals surface area (Å²) < 4.78 is 11.7. The second-order valence-electron chi connectivity index (χ2n) is 7.14. The van der Waals surface area contributed by atoms with E-state index in [0.717, 1.165) is 0 Å². The van der Waals surface area contributed by atoms with E-state index in [1.165, 1.54) is 7.05 Å². The third-order valence-corrected chi connectivity index (χ3v) is 4.89. The van der Waals surface area contributed by atoms with Crippen molar-refractivity contribution < 1.29 is 19.2 Å². The predicted molar refractivity (Wildman–Crippen MR) is 130 cm³/mol. The van der Waals surface area contributed by atoms with Gasteiger partial charge in [0.1, 0.15) is 11.0 Å². The van der Waals surface area contributed by atoms with Gasteiger partial charge in [0.25, 0.3) is 0 Å². The Morgan fingerprint density at radius 2 is 1.71 bits per heavy atom. The highest BCUT2D eigenvalue weighted by molar-refractivity contribution is 6.74. The Morgan fingerprint density at radius 3 is 2.13 bits per heavy atom. The van der Waals surface area contributed by atoms with Crippen molar-refractivity contribution in [3.63, 3.8) is 0 Å². The van der Waals surface area contributed by atoms with Crippen LogP contribution in [0.3, 0.4) is 0 Å². The number of anilines is 1. The van der Waals surface area contributed by atoms with Crippen molar-refractivity contribution in [1.82, 2.24) is 4.98 Å². The first-order chi connectivity index (χ1) is 14.3. The lowest BCUT2D eigenvalue weighted by Gasteiger charge is -2.32. The van der Waals surface area contributed by atoms with E-state index >= 15 is 0 Å². The number of hydrogen-bond acceptors (Lipinski definition) is 5. The van der Waals surface area contributed by atoms with Crippen LogP contribution < -0.4 is 10.9 Å². The Morgan fingerprint density at radius 1 is 1.19 bits per heavy atom. The van der Waals surface area contributed by atoms with Gasteiger partial charge in [0.05, 0.1) is 16.8 Å². The molecule has 2 rings (SSSR count). The van der Waals surface area contributed by atoms with E-state index < -0.39 is 24.4 Å². The SMILES string of the molecule is C=C(C)/C(Cl)=N\C(Cl)=NC.CC.CC1(C)OB(c2cccc(NC(=O)O)n2)OC1(C)C. The fraction of sp³-hybridized carbons (Fsp3) is 0.500. The molecule has 0 spiro atoms. The third-order valence-electron chi connectivity index (χ3n) is 4.23. The quantitative estimate of drug-likeness (QED) is 0.281. The van der Waals surface area contributed by atoms with Crippen LogP contribution in [0.15, 0.2) is 40.3 Å². The fourth-order valence-corrected chi connectivity index (χ4v) is 2.16. The van der Waals surface area contributed by atoms with Gasteiger partial charge in [-0.05, 0) is 63.9 Å². The van der Waals surface area contributed by atoms with Crippen molar-refractivity contribution in [2.24, 2.45) is 9.98 Å². The lowest BCUT2D eigenvalue weighted by molar-refractivity contribution is 0.00578. The Hall–Kier alpha value is -1.94. The number of aromatic nitrogens is 1. The van der Waals surface area contributed by atoms with Gasteiger partial charge in [-0.15, -0.1) is 0 Å². The van der Waals surface area contributed by atoms with Crippen LogP contribution in [0, 0.1) is 0 Å². The number of amides is 1. The summed E-state index contributed by atoms with van der Waals surface area (Å²) >= 11 is 11.0. The first-order valence-electron chi connectivity index (χ1n) is 9.64. The average Bonchev–Trinajstić information content (AvgIpc) is 2.90. The smallest absolute Gasteiger partial charge is 0.465 e. The van der Waals surface area contributed by atoms with Crippen LogP contribution in [0.5, 0.6) is 0 Å². The number of pyridine rings is 1. The maximum Gasteiger partial charge on any atom is 0.514 e. The number of nitrogens with one attached hydrogen (secondary N) is 1. The highest BCUT2D eigenvalue weighted by Crippen LogP contribution is 2.36. The molecular weight excluding hydrogens is 442 g/mol. The molecule has 0 unspecified atom stereocenters. The van der Waals surface area contributed by atoms with Crippen molar-refractivity contribution in [3.8, 4) is 0 Å². The van der Waals surface area contributed by atoms with Crippen molar-refractivity contribution in [2.45, 2.75) is 59.7 Å². The van der Waals surface area contributed by atoms with Gasteiger partial charge in [-0.3, -0.25) is 10.3 Å². The molecule has 0 aliphatic carbocycles. The van der Waals surface area contributed by atoms with E-state index in [0.29, 0.717) is 11.2 Å². The summed E-state index contributed by atoms with van der Waals surface area (Å²) in [4.78, 5) is 22.1. The molecule has 0 saturated carbocycles. The number of allylic oxidation sites excluding steroid dienone is 1. The third kappa shape index (κ3) is 9.39. The number of aliphatic imine (C=N–C) groups is 2. The molecule has 0 aromatic carbocycles. The zero-order valence-corrected chi connectivity index (χ0v) is 20.8. The minimum Gasteiger partial charge on any atom is -0.465 e. The molecule has 31 heavy (non-hydrogen) atoms. The first-order valence-corrected chi connectivity index (χ1v) is 10.4. The molecule has 172 valence electrons. The van der Waals surface area contributed by atoms with Gasteiger partial charge in [-0.2, -0.15) is 0 Å². The number of halogens is 2. The molecule has 11 heteroatoms. The molecule has 0 atom stereocenters. The first kappa shape index (κ1) is 29.1. The van der Waals surface area contributed by atoms with Crippen molar-refractivity contribution in [1.29, 1.82) is 0 Å². The second-order valence-corrected chi connectivity index (χ2v) is 7.84. The molecule has 1 saturated heterocycles. The van der Waals surface area contributed by atoms with Crippen LogP contribution in [0.4, 0.5) is 10.6 Å². The molecular formula is C20H31BCl2N4O4. The summed E-state index contributed by atoms with van der Waals surface area (Å²) in [7, 11) is 0.939. The molecule has 1 fully saturated rings. The summed E-state index contributed by atoms with van der Waals surface area (Å²) in [6, 6.07) is 5.02. The standard InChI is InChI=1S/C12H17BN2O4.C6H8Cl2N2.C2H6/c1-11(2)12(3,4)19-13(18-11)8-6-5-7-9(14-8)15-10(16)17;1-4(2)5(7)10-6(8)9-3;1-2/h5-7H,1-4H3,(H,14,15)(H,16,17);1H2,2-3H3;1-2H3/b;9-6?,10-5+;. The normalized spacial score (nSPS) is 17.0. The van der Waals surface area contributed by atoms with Crippen LogP contribution in [0.2, 0.25) is 0 Å². The largest absolute Gasteiger partial charge is 0.514 e. The van der Waals surface area contributed by atoms with Gasteiger partial charge in [0.15, 0.2) is 0 Å². The Balaban J connectivity index is 0.000000639. The molecule has 1 aromatic rings. The van der Waals surface area contributed by atoms with Gasteiger partial charge < -0.3 is 14.4 Å². The Kier molecular flexibility index (Phi) is 12.0. The summed E-state index contributed by atoms with van der Waals surface area (Å²) in [5.74, 6) is 0.250. The monoisotopic (exact) mass is 472 g/mol. The zero-order chi connectivity index (χ0) is 24.4. The van der Waals surface area contributed by atoms with E-state index in [-0.39, 0.29) is 16.3 Å². The maximum absolute atomic E-state index is 10.6. The minimum absolute atomic E-state index is 0.132. The molecule has 1 amide bonds. The van der Waals surface area contributed by atoms with E-state index in [9.17, 15) is 4.79 Å². The van der Waals surface area contributed by atoms with Crippen LogP contribution in [0.25, 0.3) is 0 Å². The molecule has 1 aliphatic rings. The van der Waals surface area contributed by atoms with Crippen molar-refractivity contribution >= 4 is 58.3 Å². The van der Waals surface area contributed by atoms with E-state index in [1.807, 2.05) is 41.5 Å². The average molecular weight is 473 g/mol. The van der Waals surface area contributed by atoms with Crippen molar-refractivity contribution in [2.75, 3.05) is 12.4 Å². The summed E-state index contributed by atoms with van der Waals surface area (Å²) in [6.45, 7) is 17.1. The zero-order valence-electron chi connectivity index (χ0n) is 19.3. The topological polar surface area (TPSA) is 105 Å². The summed E-state index contributed by atoms with van der Waals surface area (Å²) in [5.41, 5.74) is 0.318. The van der Waals surface area contributed by atoms with Gasteiger partial charge in [-0.1, -0.05) is 38.1 Å². The van der Waals surface area contributed by atoms with Crippen LogP contribution in [0.1, 0.15) is 48.5 Å². The number of rotatable bonds is 3.